The number of hydrogen-bond donors (Lipinski definition) is 0. The van der Waals surface area contributed by atoms with Crippen LogP contribution in [0.5, 0.6) is 0 Å². The van der Waals surface area contributed by atoms with E-state index in [1.54, 1.807) is 24.8 Å². The molecule has 3 aliphatic rings. The van der Waals surface area contributed by atoms with Crippen molar-refractivity contribution in [3.63, 3.8) is 0 Å². The van der Waals surface area contributed by atoms with E-state index in [-0.39, 0.29) is 0 Å². The Labute approximate surface area is 199 Å². The zero-order valence-corrected chi connectivity index (χ0v) is 22.9. The van der Waals surface area contributed by atoms with Gasteiger partial charge in [0.25, 0.3) is 0 Å². The molecule has 0 N–H and O–H groups in total. The fourth-order valence-corrected chi connectivity index (χ4v) is 22.6. The van der Waals surface area contributed by atoms with Crippen LogP contribution in [0.2, 0.25) is 37.3 Å². The van der Waals surface area contributed by atoms with Crippen LogP contribution in [0, 0.1) is 11.8 Å². The molecule has 0 nitrogen and oxygen atoms in total. The van der Waals surface area contributed by atoms with Crippen LogP contribution in [-0.4, -0.2) is 15.2 Å². The quantitative estimate of drug-likeness (QED) is 0.390. The number of rotatable bonds is 5. The molecular weight excluding hydrogens is 417 g/mol. The van der Waals surface area contributed by atoms with Gasteiger partial charge in [0.15, 0.2) is 0 Å². The van der Waals surface area contributed by atoms with Crippen molar-refractivity contribution in [2.45, 2.75) is 101 Å². The van der Waals surface area contributed by atoms with Gasteiger partial charge in [0, 0.05) is 15.2 Å². The molecule has 4 atom stereocenters. The molecule has 0 spiro atoms. The lowest BCUT2D eigenvalue weighted by Crippen LogP contribution is -2.61. The molecule has 172 valence electrons. The molecular formula is C30H44Si2. The van der Waals surface area contributed by atoms with Crippen molar-refractivity contribution in [2.75, 3.05) is 0 Å². The van der Waals surface area contributed by atoms with Gasteiger partial charge in [-0.05, 0) is 58.4 Å². The van der Waals surface area contributed by atoms with E-state index in [0.29, 0.717) is 0 Å². The highest BCUT2D eigenvalue weighted by Crippen LogP contribution is 2.60. The Bertz CT molecular complexity index is 909. The molecule has 3 saturated carbocycles. The Balaban J connectivity index is 1.44. The largest absolute Gasteiger partial charge is 0.0711 e. The minimum Gasteiger partial charge on any atom is -0.0711 e. The van der Waals surface area contributed by atoms with Gasteiger partial charge in [-0.15, -0.1) is 0 Å². The molecule has 3 fully saturated rings. The second kappa shape index (κ2) is 8.91. The summed E-state index contributed by atoms with van der Waals surface area (Å²) in [5.41, 5.74) is 6.77. The van der Waals surface area contributed by atoms with Crippen LogP contribution in [0.1, 0.15) is 69.3 Å². The van der Waals surface area contributed by atoms with E-state index in [2.05, 4.69) is 80.8 Å². The number of fused-ring (bicyclic) bond motifs is 1. The molecule has 2 aromatic carbocycles. The molecule has 0 aromatic heterocycles. The third-order valence-electron chi connectivity index (χ3n) is 10.9. The molecule has 2 heteroatoms. The monoisotopic (exact) mass is 460 g/mol. The highest BCUT2D eigenvalue weighted by molar-refractivity contribution is 7.41. The lowest BCUT2D eigenvalue weighted by molar-refractivity contribution is 0.237. The van der Waals surface area contributed by atoms with Gasteiger partial charge < -0.3 is 0 Å². The highest BCUT2D eigenvalue weighted by Gasteiger charge is 2.56. The van der Waals surface area contributed by atoms with Crippen LogP contribution in [-0.2, 0) is 0 Å². The van der Waals surface area contributed by atoms with E-state index < -0.39 is 15.2 Å². The SMILES string of the molecule is C[Si](C)(C1CCCC1)[Si](C)(C)C1CCC2C(c3ccccc3-c3ccccc3)CCCC21. The Hall–Kier alpha value is -1.13. The average Bonchev–Trinajstić information content (AvgIpc) is 3.50. The maximum atomic E-state index is 2.85. The van der Waals surface area contributed by atoms with Crippen molar-refractivity contribution in [1.29, 1.82) is 0 Å². The first-order valence-corrected chi connectivity index (χ1v) is 20.7. The van der Waals surface area contributed by atoms with Crippen molar-refractivity contribution in [2.24, 2.45) is 11.8 Å². The fraction of sp³-hybridized carbons (Fsp3) is 0.600. The molecule has 4 unspecified atom stereocenters. The fourth-order valence-electron chi connectivity index (χ4n) is 8.44. The van der Waals surface area contributed by atoms with Gasteiger partial charge in [0.1, 0.15) is 0 Å². The van der Waals surface area contributed by atoms with Crippen molar-refractivity contribution in [3.05, 3.63) is 60.2 Å². The molecule has 2 aromatic rings. The smallest absolute Gasteiger partial charge is 0.0448 e. The molecule has 0 aliphatic heterocycles. The standard InChI is InChI=1S/C30H44Si2/c1-31(2,24-15-8-9-16-24)32(3,4)30-22-21-28-27(19-12-20-29(28)30)26-18-11-10-17-25(26)23-13-6-5-7-14-23/h5-7,10-11,13-14,17-18,24,27-30H,8-9,12,15-16,19-22H2,1-4H3. The third-order valence-corrected chi connectivity index (χ3v) is 31.7. The van der Waals surface area contributed by atoms with Crippen LogP contribution in [0.3, 0.4) is 0 Å². The first-order chi connectivity index (χ1) is 15.4. The number of benzene rings is 2. The summed E-state index contributed by atoms with van der Waals surface area (Å²) in [5.74, 6) is 2.71. The van der Waals surface area contributed by atoms with Crippen LogP contribution >= 0.6 is 0 Å². The van der Waals surface area contributed by atoms with E-state index in [1.807, 2.05) is 0 Å². The third kappa shape index (κ3) is 3.80. The lowest BCUT2D eigenvalue weighted by atomic mass is 9.69. The summed E-state index contributed by atoms with van der Waals surface area (Å²) in [5, 5.41) is 0. The molecule has 0 saturated heterocycles. The molecule has 3 aliphatic carbocycles. The van der Waals surface area contributed by atoms with Gasteiger partial charge >= 0.3 is 0 Å². The Morgan fingerprint density at radius 1 is 0.594 bits per heavy atom. The zero-order chi connectivity index (χ0) is 22.3. The zero-order valence-electron chi connectivity index (χ0n) is 20.9. The predicted molar refractivity (Wildman–Crippen MR) is 146 cm³/mol. The van der Waals surface area contributed by atoms with E-state index >= 15 is 0 Å². The maximum absolute atomic E-state index is 2.85. The van der Waals surface area contributed by atoms with E-state index in [9.17, 15) is 0 Å². The van der Waals surface area contributed by atoms with Crippen LogP contribution in [0.25, 0.3) is 11.1 Å². The van der Waals surface area contributed by atoms with Crippen molar-refractivity contribution < 1.29 is 0 Å². The minimum absolute atomic E-state index is 0.774. The summed E-state index contributed by atoms with van der Waals surface area (Å²) < 4.78 is 0. The van der Waals surface area contributed by atoms with Gasteiger partial charge in [0.05, 0.1) is 0 Å². The Kier molecular flexibility index (Phi) is 6.31. The first kappa shape index (κ1) is 22.7. The summed E-state index contributed by atoms with van der Waals surface area (Å²) in [6, 6.07) is 20.6. The summed E-state index contributed by atoms with van der Waals surface area (Å²) in [7, 11) is -2.41. The van der Waals surface area contributed by atoms with Gasteiger partial charge in [-0.25, -0.2) is 0 Å². The van der Waals surface area contributed by atoms with E-state index in [4.69, 9.17) is 0 Å². The molecule has 0 heterocycles. The van der Waals surface area contributed by atoms with Crippen LogP contribution in [0.4, 0.5) is 0 Å². The van der Waals surface area contributed by atoms with Crippen molar-refractivity contribution in [1.82, 2.24) is 0 Å². The normalized spacial score (nSPS) is 29.2. The van der Waals surface area contributed by atoms with Gasteiger partial charge in [0.2, 0.25) is 0 Å². The van der Waals surface area contributed by atoms with E-state index in [1.165, 1.54) is 49.7 Å². The molecule has 32 heavy (non-hydrogen) atoms. The van der Waals surface area contributed by atoms with E-state index in [0.717, 1.165) is 28.8 Å². The van der Waals surface area contributed by atoms with Gasteiger partial charge in [-0.3, -0.25) is 0 Å². The second-order valence-corrected chi connectivity index (χ2v) is 28.6. The summed E-state index contributed by atoms with van der Waals surface area (Å²) >= 11 is 0. The summed E-state index contributed by atoms with van der Waals surface area (Å²) in [6.07, 6.45) is 13.6. The number of hydrogen-bond acceptors (Lipinski definition) is 0. The molecule has 0 radical (unpaired) electrons. The van der Waals surface area contributed by atoms with Gasteiger partial charge in [-0.2, -0.15) is 0 Å². The Morgan fingerprint density at radius 2 is 1.28 bits per heavy atom. The summed E-state index contributed by atoms with van der Waals surface area (Å²) in [6.45, 7) is 11.4. The predicted octanol–water partition coefficient (Wildman–Crippen LogP) is 9.46. The first-order valence-electron chi connectivity index (χ1n) is 13.6. The Morgan fingerprint density at radius 3 is 2.03 bits per heavy atom. The lowest BCUT2D eigenvalue weighted by Gasteiger charge is -2.50. The molecule has 0 bridgehead atoms. The van der Waals surface area contributed by atoms with Crippen LogP contribution in [0.15, 0.2) is 54.6 Å². The summed E-state index contributed by atoms with van der Waals surface area (Å²) in [4.78, 5) is 0. The molecule has 5 rings (SSSR count). The molecule has 0 amide bonds. The van der Waals surface area contributed by atoms with Crippen LogP contribution < -0.4 is 0 Å². The van der Waals surface area contributed by atoms with Crippen molar-refractivity contribution in [3.8, 4) is 11.1 Å². The maximum Gasteiger partial charge on any atom is 0.0448 e. The van der Waals surface area contributed by atoms with Gasteiger partial charge in [-0.1, -0.05) is 126 Å². The minimum atomic E-state index is -1.24. The topological polar surface area (TPSA) is 0 Å². The second-order valence-electron chi connectivity index (χ2n) is 12.4. The highest BCUT2D eigenvalue weighted by atomic mass is 29.3. The average molecular weight is 461 g/mol. The van der Waals surface area contributed by atoms with Crippen molar-refractivity contribution >= 4 is 15.2 Å².